The van der Waals surface area contributed by atoms with Crippen molar-refractivity contribution < 1.29 is 14.3 Å². The average molecular weight is 715 g/mol. The quantitative estimate of drug-likeness (QED) is 0.181. The molecule has 39 heavy (non-hydrogen) atoms. The molecule has 0 aliphatic carbocycles. The zero-order valence-corrected chi connectivity index (χ0v) is 25.7. The molecule has 5 rings (SSSR count). The topological polar surface area (TPSA) is 69.9 Å². The van der Waals surface area contributed by atoms with Gasteiger partial charge >= 0.3 is 5.97 Å². The smallest absolute Gasteiger partial charge is 0.338 e. The summed E-state index contributed by atoms with van der Waals surface area (Å²) in [7, 11) is 1.35. The molecule has 0 saturated heterocycles. The van der Waals surface area contributed by atoms with Crippen molar-refractivity contribution in [1.29, 1.82) is 0 Å². The first-order valence-electron chi connectivity index (χ1n) is 12.2. The summed E-state index contributed by atoms with van der Waals surface area (Å²) in [6.07, 6.45) is 2.37. The molecule has 0 N–H and O–H groups in total. The van der Waals surface area contributed by atoms with Crippen molar-refractivity contribution in [2.75, 3.05) is 7.11 Å². The minimum Gasteiger partial charge on any atom is -0.487 e. The number of hydrogen-bond acceptors (Lipinski definition) is 6. The number of carbonyl (C=O) groups excluding carboxylic acids is 1. The number of hydrogen-bond donors (Lipinski definition) is 0. The molecule has 0 unspecified atom stereocenters. The van der Waals surface area contributed by atoms with E-state index in [9.17, 15) is 9.59 Å². The third kappa shape index (κ3) is 5.66. The monoisotopic (exact) mass is 714 g/mol. The summed E-state index contributed by atoms with van der Waals surface area (Å²) in [5.74, 6) is 0.203. The molecule has 0 spiro atoms. The van der Waals surface area contributed by atoms with Crippen molar-refractivity contribution in [3.63, 3.8) is 0 Å². The molecule has 6 nitrogen and oxygen atoms in total. The van der Waals surface area contributed by atoms with Gasteiger partial charge in [-0.3, -0.25) is 9.36 Å². The highest BCUT2D eigenvalue weighted by Crippen LogP contribution is 2.33. The van der Waals surface area contributed by atoms with Gasteiger partial charge in [0, 0.05) is 10.0 Å². The minimum absolute atomic E-state index is 0.229. The third-order valence-electron chi connectivity index (χ3n) is 6.32. The van der Waals surface area contributed by atoms with Crippen LogP contribution in [0.4, 0.5) is 0 Å². The van der Waals surface area contributed by atoms with E-state index < -0.39 is 12.0 Å². The van der Waals surface area contributed by atoms with E-state index in [1.165, 1.54) is 18.4 Å². The molecule has 2 heterocycles. The molecule has 0 bridgehead atoms. The van der Waals surface area contributed by atoms with E-state index in [0.717, 1.165) is 24.7 Å². The van der Waals surface area contributed by atoms with E-state index in [-0.39, 0.29) is 5.56 Å². The SMILES string of the molecule is CCC1=C(C(=O)OC)[C@H](c2ccccc2)n2c(s/c(=C/c3cc(Br)cc(I)c3OCc3ccccc3)c2=O)=N1. The van der Waals surface area contributed by atoms with Crippen molar-refractivity contribution in [2.24, 2.45) is 4.99 Å². The van der Waals surface area contributed by atoms with E-state index in [1.807, 2.05) is 85.8 Å². The minimum atomic E-state index is -0.636. The van der Waals surface area contributed by atoms with Gasteiger partial charge in [0.2, 0.25) is 0 Å². The zero-order chi connectivity index (χ0) is 27.5. The Balaban J connectivity index is 1.68. The summed E-state index contributed by atoms with van der Waals surface area (Å²) in [6, 6.07) is 22.7. The molecule has 1 aliphatic rings. The summed E-state index contributed by atoms with van der Waals surface area (Å²) in [5.41, 5.74) is 3.41. The number of carbonyl (C=O) groups is 1. The van der Waals surface area contributed by atoms with Crippen LogP contribution in [-0.4, -0.2) is 17.6 Å². The number of esters is 1. The maximum Gasteiger partial charge on any atom is 0.338 e. The summed E-state index contributed by atoms with van der Waals surface area (Å²) < 4.78 is 15.3. The highest BCUT2D eigenvalue weighted by atomic mass is 127. The molecule has 198 valence electrons. The Morgan fingerprint density at radius 2 is 1.82 bits per heavy atom. The largest absolute Gasteiger partial charge is 0.487 e. The number of methoxy groups -OCH3 is 1. The highest BCUT2D eigenvalue weighted by molar-refractivity contribution is 14.1. The van der Waals surface area contributed by atoms with Gasteiger partial charge in [-0.15, -0.1) is 0 Å². The van der Waals surface area contributed by atoms with Gasteiger partial charge in [0.1, 0.15) is 12.4 Å². The molecule has 1 atom stereocenters. The van der Waals surface area contributed by atoms with Crippen LogP contribution in [0.1, 0.15) is 36.1 Å². The lowest BCUT2D eigenvalue weighted by Crippen LogP contribution is -2.40. The average Bonchev–Trinajstić information content (AvgIpc) is 3.26. The van der Waals surface area contributed by atoms with Crippen molar-refractivity contribution in [3.05, 3.63) is 128 Å². The zero-order valence-electron chi connectivity index (χ0n) is 21.2. The van der Waals surface area contributed by atoms with Crippen LogP contribution in [0, 0.1) is 3.57 Å². The lowest BCUT2D eigenvalue weighted by atomic mass is 9.95. The Bertz CT molecular complexity index is 1750. The van der Waals surface area contributed by atoms with Crippen LogP contribution in [-0.2, 0) is 16.1 Å². The second-order valence-corrected chi connectivity index (χ2v) is 11.9. The Kier molecular flexibility index (Phi) is 8.49. The molecule has 9 heteroatoms. The number of fused-ring (bicyclic) bond motifs is 1. The summed E-state index contributed by atoms with van der Waals surface area (Å²) >= 11 is 7.13. The summed E-state index contributed by atoms with van der Waals surface area (Å²) in [4.78, 5) is 32.2. The van der Waals surface area contributed by atoms with Gasteiger partial charge in [-0.05, 0) is 58.3 Å². The first-order chi connectivity index (χ1) is 18.9. The van der Waals surface area contributed by atoms with E-state index in [0.29, 0.717) is 39.4 Å². The lowest BCUT2D eigenvalue weighted by molar-refractivity contribution is -0.136. The van der Waals surface area contributed by atoms with Gasteiger partial charge in [0.15, 0.2) is 4.80 Å². The van der Waals surface area contributed by atoms with Crippen molar-refractivity contribution in [1.82, 2.24) is 4.57 Å². The van der Waals surface area contributed by atoms with Crippen LogP contribution in [0.25, 0.3) is 6.08 Å². The number of nitrogens with zero attached hydrogens (tertiary/aromatic N) is 2. The number of allylic oxidation sites excluding steroid dienone is 1. The first-order valence-corrected chi connectivity index (χ1v) is 14.9. The predicted octanol–water partition coefficient (Wildman–Crippen LogP) is 5.74. The molecule has 1 aliphatic heterocycles. The predicted molar refractivity (Wildman–Crippen MR) is 164 cm³/mol. The fraction of sp³-hybridized carbons (Fsp3) is 0.167. The highest BCUT2D eigenvalue weighted by Gasteiger charge is 2.33. The number of halogens is 2. The van der Waals surface area contributed by atoms with Crippen molar-refractivity contribution in [3.8, 4) is 5.75 Å². The fourth-order valence-corrected chi connectivity index (χ4v) is 7.24. The number of benzene rings is 3. The third-order valence-corrected chi connectivity index (χ3v) is 8.56. The Hall–Kier alpha value is -3.02. The van der Waals surface area contributed by atoms with Crippen molar-refractivity contribution in [2.45, 2.75) is 26.0 Å². The molecular formula is C30H24BrIN2O4S. The maximum atomic E-state index is 14.0. The van der Waals surface area contributed by atoms with Crippen LogP contribution in [0.2, 0.25) is 0 Å². The van der Waals surface area contributed by atoms with Gasteiger partial charge in [-0.1, -0.05) is 94.9 Å². The van der Waals surface area contributed by atoms with Crippen LogP contribution >= 0.6 is 49.9 Å². The van der Waals surface area contributed by atoms with Gasteiger partial charge in [0.25, 0.3) is 5.56 Å². The molecule has 1 aromatic heterocycles. The van der Waals surface area contributed by atoms with Crippen LogP contribution < -0.4 is 19.6 Å². The Morgan fingerprint density at radius 3 is 2.49 bits per heavy atom. The van der Waals surface area contributed by atoms with E-state index in [4.69, 9.17) is 14.5 Å². The summed E-state index contributed by atoms with van der Waals surface area (Å²) in [6.45, 7) is 2.34. The standard InChI is InChI=1S/C30H24BrIN2O4S/c1-3-23-25(29(36)37-2)26(19-12-8-5-9-13-19)34-28(35)24(39-30(34)33-23)15-20-14-21(31)16-22(32)27(20)38-17-18-10-6-4-7-11-18/h4-16,26H,3,17H2,1-2H3/b24-15+/t26-/m0/s1. The number of rotatable bonds is 7. The lowest BCUT2D eigenvalue weighted by Gasteiger charge is -2.25. The van der Waals surface area contributed by atoms with Gasteiger partial charge in [0.05, 0.1) is 32.5 Å². The molecule has 0 amide bonds. The number of aromatic nitrogens is 1. The number of ether oxygens (including phenoxy) is 2. The molecule has 3 aromatic carbocycles. The normalized spacial score (nSPS) is 15.1. The summed E-state index contributed by atoms with van der Waals surface area (Å²) in [5, 5.41) is 0. The fourth-order valence-electron chi connectivity index (χ4n) is 4.53. The van der Waals surface area contributed by atoms with Gasteiger partial charge < -0.3 is 9.47 Å². The van der Waals surface area contributed by atoms with Gasteiger partial charge in [-0.2, -0.15) is 0 Å². The second kappa shape index (κ2) is 12.0. The first kappa shape index (κ1) is 27.5. The van der Waals surface area contributed by atoms with Gasteiger partial charge in [-0.25, -0.2) is 9.79 Å². The Labute approximate surface area is 251 Å². The molecular weight excluding hydrogens is 691 g/mol. The van der Waals surface area contributed by atoms with E-state index in [1.54, 1.807) is 4.57 Å². The van der Waals surface area contributed by atoms with Crippen LogP contribution in [0.5, 0.6) is 5.75 Å². The van der Waals surface area contributed by atoms with Crippen LogP contribution in [0.3, 0.4) is 0 Å². The van der Waals surface area contributed by atoms with Crippen LogP contribution in [0.15, 0.2) is 98.3 Å². The number of thiazole rings is 1. The second-order valence-electron chi connectivity index (χ2n) is 8.78. The molecule has 0 saturated carbocycles. The van der Waals surface area contributed by atoms with E-state index in [2.05, 4.69) is 38.5 Å². The molecule has 0 radical (unpaired) electrons. The molecule has 4 aromatic rings. The van der Waals surface area contributed by atoms with E-state index >= 15 is 0 Å². The van der Waals surface area contributed by atoms with Crippen molar-refractivity contribution >= 4 is 61.9 Å². The Morgan fingerprint density at radius 1 is 1.13 bits per heavy atom. The maximum absolute atomic E-state index is 14.0. The molecule has 0 fully saturated rings.